The molecule has 0 bridgehead atoms. The van der Waals surface area contributed by atoms with E-state index >= 15 is 0 Å². The van der Waals surface area contributed by atoms with Gasteiger partial charge in [-0.3, -0.25) is 0 Å². The number of aliphatic imine (C=N–C) groups is 1. The molecule has 3 nitrogen and oxygen atoms in total. The molecule has 1 aromatic heterocycles. The summed E-state index contributed by atoms with van der Waals surface area (Å²) in [5.41, 5.74) is 5.30. The molecule has 0 aliphatic carbocycles. The zero-order valence-corrected chi connectivity index (χ0v) is 11.7. The minimum absolute atomic E-state index is 0.847. The first-order chi connectivity index (χ1) is 10.4. The van der Waals surface area contributed by atoms with Gasteiger partial charge in [0, 0.05) is 11.8 Å². The Bertz CT molecular complexity index is 831. The van der Waals surface area contributed by atoms with Crippen LogP contribution in [0.25, 0.3) is 5.69 Å². The van der Waals surface area contributed by atoms with E-state index in [1.807, 2.05) is 48.5 Å². The molecule has 0 spiro atoms. The van der Waals surface area contributed by atoms with Crippen LogP contribution in [0.4, 0.5) is 5.69 Å². The number of fused-ring (bicyclic) bond motifs is 3. The Morgan fingerprint density at radius 1 is 0.952 bits per heavy atom. The van der Waals surface area contributed by atoms with Crippen molar-refractivity contribution in [3.8, 4) is 11.4 Å². The molecule has 0 unspecified atom stereocenters. The fourth-order valence-corrected chi connectivity index (χ4v) is 2.71. The first-order valence-electron chi connectivity index (χ1n) is 6.87. The van der Waals surface area contributed by atoms with Gasteiger partial charge in [-0.25, -0.2) is 4.99 Å². The van der Waals surface area contributed by atoms with Crippen molar-refractivity contribution in [1.29, 1.82) is 0 Å². The lowest BCUT2D eigenvalue weighted by atomic mass is 10.1. The predicted molar refractivity (Wildman–Crippen MR) is 84.1 cm³/mol. The number of hydrogen-bond donors (Lipinski definition) is 0. The Hall–Kier alpha value is -2.81. The van der Waals surface area contributed by atoms with Crippen LogP contribution < -0.4 is 4.74 Å². The van der Waals surface area contributed by atoms with Gasteiger partial charge in [-0.05, 0) is 42.5 Å². The zero-order valence-electron chi connectivity index (χ0n) is 11.7. The maximum atomic E-state index is 5.35. The molecule has 0 fully saturated rings. The van der Waals surface area contributed by atoms with Gasteiger partial charge in [-0.2, -0.15) is 0 Å². The molecule has 0 saturated carbocycles. The van der Waals surface area contributed by atoms with Crippen molar-refractivity contribution in [3.05, 3.63) is 78.1 Å². The van der Waals surface area contributed by atoms with Crippen molar-refractivity contribution in [1.82, 2.24) is 4.57 Å². The average molecular weight is 274 g/mol. The molecule has 2 heterocycles. The number of benzene rings is 2. The second-order valence-corrected chi connectivity index (χ2v) is 4.94. The number of methoxy groups -OCH3 is 1. The lowest BCUT2D eigenvalue weighted by Gasteiger charge is -2.05. The highest BCUT2D eigenvalue weighted by Gasteiger charge is 2.24. The molecule has 3 aromatic rings. The minimum Gasteiger partial charge on any atom is -0.497 e. The van der Waals surface area contributed by atoms with Crippen LogP contribution in [0.5, 0.6) is 5.75 Å². The fraction of sp³-hybridized carbons (Fsp3) is 0.0556. The topological polar surface area (TPSA) is 26.5 Å². The summed E-state index contributed by atoms with van der Waals surface area (Å²) in [6, 6.07) is 20.3. The van der Waals surface area contributed by atoms with Gasteiger partial charge in [0.1, 0.15) is 5.75 Å². The molecule has 102 valence electrons. The highest BCUT2D eigenvalue weighted by atomic mass is 16.5. The number of hydrogen-bond acceptors (Lipinski definition) is 2. The second kappa shape index (κ2) is 4.63. The van der Waals surface area contributed by atoms with Gasteiger partial charge >= 0.3 is 0 Å². The number of nitrogens with zero attached hydrogens (tertiary/aromatic N) is 2. The summed E-state index contributed by atoms with van der Waals surface area (Å²) in [5.74, 6) is 0.847. The normalized spacial score (nSPS) is 14.0. The van der Waals surface area contributed by atoms with Gasteiger partial charge < -0.3 is 9.30 Å². The molecule has 0 atom stereocenters. The van der Waals surface area contributed by atoms with Crippen LogP contribution in [-0.2, 0) is 0 Å². The standard InChI is InChI=1S/C18H14N2O/c1-21-14-9-10-16-15(12-14)18(17-8-5-11-20(16)17)19-13-6-3-2-4-7-13/h2-12H,1H3. The Morgan fingerprint density at radius 2 is 1.81 bits per heavy atom. The van der Waals surface area contributed by atoms with Gasteiger partial charge in [-0.15, -0.1) is 0 Å². The summed E-state index contributed by atoms with van der Waals surface area (Å²) in [5, 5.41) is 0. The van der Waals surface area contributed by atoms with E-state index in [9.17, 15) is 0 Å². The zero-order chi connectivity index (χ0) is 14.2. The largest absolute Gasteiger partial charge is 0.497 e. The first-order valence-corrected chi connectivity index (χ1v) is 6.87. The van der Waals surface area contributed by atoms with Crippen molar-refractivity contribution in [2.75, 3.05) is 7.11 Å². The molecular formula is C18H14N2O. The maximum absolute atomic E-state index is 5.35. The highest BCUT2D eigenvalue weighted by Crippen LogP contribution is 2.32. The van der Waals surface area contributed by atoms with Crippen LogP contribution in [0, 0.1) is 0 Å². The fourth-order valence-electron chi connectivity index (χ4n) is 2.71. The maximum Gasteiger partial charge on any atom is 0.119 e. The molecule has 0 amide bonds. The van der Waals surface area contributed by atoms with Gasteiger partial charge in [0.2, 0.25) is 0 Å². The Morgan fingerprint density at radius 3 is 2.62 bits per heavy atom. The molecule has 0 radical (unpaired) electrons. The molecule has 1 aliphatic heterocycles. The Balaban J connectivity index is 1.94. The van der Waals surface area contributed by atoms with Gasteiger partial charge in [0.05, 0.1) is 29.9 Å². The van der Waals surface area contributed by atoms with Crippen LogP contribution in [0.3, 0.4) is 0 Å². The van der Waals surface area contributed by atoms with E-state index in [0.29, 0.717) is 0 Å². The van der Waals surface area contributed by atoms with E-state index in [-0.39, 0.29) is 0 Å². The van der Waals surface area contributed by atoms with Crippen molar-refractivity contribution in [2.45, 2.75) is 0 Å². The summed E-state index contributed by atoms with van der Waals surface area (Å²) in [7, 11) is 1.69. The molecule has 4 rings (SSSR count). The number of ether oxygens (including phenoxy) is 1. The van der Waals surface area contributed by atoms with E-state index in [1.165, 1.54) is 0 Å². The summed E-state index contributed by atoms with van der Waals surface area (Å²) in [6.07, 6.45) is 2.06. The second-order valence-electron chi connectivity index (χ2n) is 4.94. The Labute approximate surface area is 123 Å². The molecule has 1 aliphatic rings. The number of para-hydroxylation sites is 1. The quantitative estimate of drug-likeness (QED) is 0.543. The average Bonchev–Trinajstić information content (AvgIpc) is 3.11. The van der Waals surface area contributed by atoms with Gasteiger partial charge in [-0.1, -0.05) is 18.2 Å². The van der Waals surface area contributed by atoms with Gasteiger partial charge in [0.15, 0.2) is 0 Å². The summed E-state index contributed by atoms with van der Waals surface area (Å²) in [6.45, 7) is 0. The van der Waals surface area contributed by atoms with Crippen molar-refractivity contribution in [3.63, 3.8) is 0 Å². The van der Waals surface area contributed by atoms with E-state index in [1.54, 1.807) is 7.11 Å². The lowest BCUT2D eigenvalue weighted by molar-refractivity contribution is 0.414. The SMILES string of the molecule is COc1ccc2c(c1)C(=Nc1ccccc1)c1cccn1-2. The van der Waals surface area contributed by atoms with Crippen molar-refractivity contribution < 1.29 is 4.74 Å². The minimum atomic E-state index is 0.847. The lowest BCUT2D eigenvalue weighted by Crippen LogP contribution is -1.98. The summed E-state index contributed by atoms with van der Waals surface area (Å²) >= 11 is 0. The van der Waals surface area contributed by atoms with Crippen LogP contribution in [-0.4, -0.2) is 17.4 Å². The molecule has 21 heavy (non-hydrogen) atoms. The molecule has 3 heteroatoms. The van der Waals surface area contributed by atoms with Crippen molar-refractivity contribution >= 4 is 11.4 Å². The number of aromatic nitrogens is 1. The smallest absolute Gasteiger partial charge is 0.119 e. The van der Waals surface area contributed by atoms with Gasteiger partial charge in [0.25, 0.3) is 0 Å². The third-order valence-electron chi connectivity index (χ3n) is 3.71. The summed E-state index contributed by atoms with van der Waals surface area (Å²) < 4.78 is 7.51. The van der Waals surface area contributed by atoms with E-state index in [0.717, 1.165) is 34.1 Å². The molecule has 0 N–H and O–H groups in total. The molecular weight excluding hydrogens is 260 g/mol. The third-order valence-corrected chi connectivity index (χ3v) is 3.71. The van der Waals surface area contributed by atoms with E-state index < -0.39 is 0 Å². The first kappa shape index (κ1) is 12.0. The molecule has 0 saturated heterocycles. The number of rotatable bonds is 2. The van der Waals surface area contributed by atoms with Crippen molar-refractivity contribution in [2.24, 2.45) is 4.99 Å². The third kappa shape index (κ3) is 1.86. The van der Waals surface area contributed by atoms with E-state index in [2.05, 4.69) is 22.9 Å². The predicted octanol–water partition coefficient (Wildman–Crippen LogP) is 3.97. The molecule has 2 aromatic carbocycles. The highest BCUT2D eigenvalue weighted by molar-refractivity contribution is 6.18. The van der Waals surface area contributed by atoms with Crippen LogP contribution in [0.15, 0.2) is 71.9 Å². The van der Waals surface area contributed by atoms with Crippen LogP contribution >= 0.6 is 0 Å². The summed E-state index contributed by atoms with van der Waals surface area (Å²) in [4.78, 5) is 4.83. The van der Waals surface area contributed by atoms with E-state index in [4.69, 9.17) is 9.73 Å². The van der Waals surface area contributed by atoms with Crippen LogP contribution in [0.2, 0.25) is 0 Å². The Kier molecular flexibility index (Phi) is 2.64. The monoisotopic (exact) mass is 274 g/mol. The van der Waals surface area contributed by atoms with Crippen LogP contribution in [0.1, 0.15) is 11.3 Å².